The van der Waals surface area contributed by atoms with Gasteiger partial charge in [-0.2, -0.15) is 0 Å². The average Bonchev–Trinajstić information content (AvgIpc) is 3.51. The summed E-state index contributed by atoms with van der Waals surface area (Å²) in [5.41, 5.74) is 8.71. The van der Waals surface area contributed by atoms with Crippen LogP contribution in [-0.4, -0.2) is 4.57 Å². The highest BCUT2D eigenvalue weighted by molar-refractivity contribution is 6.09. The molecule has 0 saturated carbocycles. The largest absolute Gasteiger partial charge is 0.316 e. The SMILES string of the molecule is C/C=C\c1ccccc1C.CC(c1ccccc1)(c1ccccc1)c1cc2ccn(-c3ccccc3)c2c2ccccc12. The summed E-state index contributed by atoms with van der Waals surface area (Å²) < 4.78 is 2.31. The van der Waals surface area contributed by atoms with E-state index in [1.165, 1.54) is 55.2 Å². The zero-order chi connectivity index (χ0) is 29.6. The third kappa shape index (κ3) is 5.43. The van der Waals surface area contributed by atoms with Gasteiger partial charge in [-0.05, 0) is 78.2 Å². The Hall–Kier alpha value is -5.14. The van der Waals surface area contributed by atoms with Crippen LogP contribution in [0.2, 0.25) is 0 Å². The molecule has 0 radical (unpaired) electrons. The van der Waals surface area contributed by atoms with Crippen molar-refractivity contribution in [3.8, 4) is 5.69 Å². The maximum atomic E-state index is 2.40. The maximum Gasteiger partial charge on any atom is 0.0607 e. The molecule has 0 atom stereocenters. The Morgan fingerprint density at radius 1 is 0.581 bits per heavy atom. The van der Waals surface area contributed by atoms with Crippen molar-refractivity contribution in [3.63, 3.8) is 0 Å². The van der Waals surface area contributed by atoms with Gasteiger partial charge in [-0.1, -0.05) is 140 Å². The third-order valence-electron chi connectivity index (χ3n) is 8.50. The molecule has 43 heavy (non-hydrogen) atoms. The van der Waals surface area contributed by atoms with Crippen LogP contribution >= 0.6 is 0 Å². The first-order valence-electron chi connectivity index (χ1n) is 15.0. The van der Waals surface area contributed by atoms with E-state index in [-0.39, 0.29) is 5.41 Å². The zero-order valence-corrected chi connectivity index (χ0v) is 25.1. The van der Waals surface area contributed by atoms with Crippen molar-refractivity contribution in [1.29, 1.82) is 0 Å². The monoisotopic (exact) mass is 555 g/mol. The van der Waals surface area contributed by atoms with Crippen LogP contribution in [0.5, 0.6) is 0 Å². The fraction of sp³-hybridized carbons (Fsp3) is 0.0952. The normalized spacial score (nSPS) is 11.5. The molecule has 0 aliphatic carbocycles. The molecule has 7 aromatic rings. The van der Waals surface area contributed by atoms with Gasteiger partial charge < -0.3 is 4.57 Å². The Morgan fingerprint density at radius 2 is 1.12 bits per heavy atom. The minimum Gasteiger partial charge on any atom is -0.316 e. The predicted octanol–water partition coefficient (Wildman–Crippen LogP) is 11.2. The quantitative estimate of drug-likeness (QED) is 0.186. The van der Waals surface area contributed by atoms with Crippen molar-refractivity contribution in [3.05, 3.63) is 192 Å². The van der Waals surface area contributed by atoms with Crippen LogP contribution in [0.25, 0.3) is 33.4 Å². The highest BCUT2D eigenvalue weighted by Gasteiger charge is 2.33. The van der Waals surface area contributed by atoms with E-state index in [0.29, 0.717) is 0 Å². The Balaban J connectivity index is 0.000000281. The molecule has 0 amide bonds. The summed E-state index contributed by atoms with van der Waals surface area (Å²) in [5.74, 6) is 0. The first-order chi connectivity index (χ1) is 21.1. The van der Waals surface area contributed by atoms with Crippen molar-refractivity contribution in [2.24, 2.45) is 0 Å². The van der Waals surface area contributed by atoms with Crippen molar-refractivity contribution in [2.75, 3.05) is 0 Å². The van der Waals surface area contributed by atoms with Gasteiger partial charge in [-0.25, -0.2) is 0 Å². The Labute approximate surface area is 255 Å². The van der Waals surface area contributed by atoms with Gasteiger partial charge in [0.1, 0.15) is 0 Å². The van der Waals surface area contributed by atoms with E-state index in [0.717, 1.165) is 0 Å². The number of para-hydroxylation sites is 1. The van der Waals surface area contributed by atoms with Crippen molar-refractivity contribution in [2.45, 2.75) is 26.2 Å². The van der Waals surface area contributed by atoms with Crippen LogP contribution in [-0.2, 0) is 5.41 Å². The maximum absolute atomic E-state index is 2.40. The van der Waals surface area contributed by atoms with Crippen LogP contribution in [0.3, 0.4) is 0 Å². The van der Waals surface area contributed by atoms with Gasteiger partial charge >= 0.3 is 0 Å². The van der Waals surface area contributed by atoms with Gasteiger partial charge in [0.25, 0.3) is 0 Å². The number of nitrogens with zero attached hydrogens (tertiary/aromatic N) is 1. The van der Waals surface area contributed by atoms with E-state index in [9.17, 15) is 0 Å². The molecule has 0 bridgehead atoms. The van der Waals surface area contributed by atoms with Crippen LogP contribution in [0.15, 0.2) is 164 Å². The minimum absolute atomic E-state index is 0.287. The van der Waals surface area contributed by atoms with Crippen LogP contribution in [0.4, 0.5) is 0 Å². The van der Waals surface area contributed by atoms with Crippen molar-refractivity contribution < 1.29 is 0 Å². The number of aryl methyl sites for hydroxylation is 1. The predicted molar refractivity (Wildman–Crippen MR) is 185 cm³/mol. The Morgan fingerprint density at radius 3 is 1.72 bits per heavy atom. The summed E-state index contributed by atoms with van der Waals surface area (Å²) in [6.07, 6.45) is 6.37. The standard InChI is InChI=1S/C32H25N.C10H12/c1-32(25-13-5-2-6-14-25,26-15-7-3-8-16-26)30-23-24-21-22-33(27-17-9-4-10-18-27)31(24)29-20-12-11-19-28(29)30;1-3-6-10-8-5-4-7-9(10)2/h2-23H,1H3;3-8H,1-2H3/b;6-3-. The van der Waals surface area contributed by atoms with E-state index < -0.39 is 0 Å². The molecule has 0 N–H and O–H groups in total. The number of rotatable bonds is 5. The number of benzene rings is 6. The van der Waals surface area contributed by atoms with Gasteiger partial charge in [0, 0.05) is 28.1 Å². The topological polar surface area (TPSA) is 4.93 Å². The highest BCUT2D eigenvalue weighted by Crippen LogP contribution is 2.44. The van der Waals surface area contributed by atoms with Gasteiger partial charge in [0.2, 0.25) is 0 Å². The molecule has 0 saturated heterocycles. The lowest BCUT2D eigenvalue weighted by Crippen LogP contribution is -2.25. The summed E-state index contributed by atoms with van der Waals surface area (Å²) in [7, 11) is 0. The second kappa shape index (κ2) is 12.4. The summed E-state index contributed by atoms with van der Waals surface area (Å²) >= 11 is 0. The van der Waals surface area contributed by atoms with Crippen LogP contribution in [0, 0.1) is 6.92 Å². The molecule has 1 aromatic heterocycles. The van der Waals surface area contributed by atoms with Gasteiger partial charge in [-0.15, -0.1) is 0 Å². The van der Waals surface area contributed by atoms with Crippen molar-refractivity contribution in [1.82, 2.24) is 4.57 Å². The molecule has 7 rings (SSSR count). The molecular weight excluding hydrogens is 518 g/mol. The van der Waals surface area contributed by atoms with Gasteiger partial charge in [0.05, 0.1) is 5.52 Å². The minimum atomic E-state index is -0.287. The van der Waals surface area contributed by atoms with E-state index in [4.69, 9.17) is 0 Å². The Kier molecular flexibility index (Phi) is 8.07. The third-order valence-corrected chi connectivity index (χ3v) is 8.50. The number of hydrogen-bond acceptors (Lipinski definition) is 0. The summed E-state index contributed by atoms with van der Waals surface area (Å²) in [6, 6.07) is 54.2. The molecule has 0 fully saturated rings. The first-order valence-corrected chi connectivity index (χ1v) is 15.0. The molecule has 210 valence electrons. The van der Waals surface area contributed by atoms with E-state index in [1.807, 2.05) is 6.92 Å². The molecule has 0 spiro atoms. The first kappa shape index (κ1) is 28.0. The number of allylic oxidation sites excluding steroid dienone is 1. The molecule has 0 aliphatic heterocycles. The average molecular weight is 556 g/mol. The van der Waals surface area contributed by atoms with Crippen LogP contribution < -0.4 is 0 Å². The summed E-state index contributed by atoms with van der Waals surface area (Å²) in [4.78, 5) is 0. The molecule has 6 aromatic carbocycles. The lowest BCUT2D eigenvalue weighted by Gasteiger charge is -2.33. The number of hydrogen-bond donors (Lipinski definition) is 0. The van der Waals surface area contributed by atoms with Gasteiger partial charge in [0.15, 0.2) is 0 Å². The fourth-order valence-corrected chi connectivity index (χ4v) is 6.20. The molecule has 1 nitrogen and oxygen atoms in total. The lowest BCUT2D eigenvalue weighted by molar-refractivity contribution is 0.700. The molecular formula is C42H37N. The zero-order valence-electron chi connectivity index (χ0n) is 25.1. The van der Waals surface area contributed by atoms with Gasteiger partial charge in [-0.3, -0.25) is 0 Å². The number of fused-ring (bicyclic) bond motifs is 3. The van der Waals surface area contributed by atoms with Crippen LogP contribution in [0.1, 0.15) is 41.7 Å². The second-order valence-electron chi connectivity index (χ2n) is 11.1. The van der Waals surface area contributed by atoms with E-state index >= 15 is 0 Å². The molecule has 1 heteroatoms. The number of aromatic nitrogens is 1. The molecule has 0 unspecified atom stereocenters. The Bertz CT molecular complexity index is 1940. The lowest BCUT2D eigenvalue weighted by atomic mass is 9.69. The second-order valence-corrected chi connectivity index (χ2v) is 11.1. The highest BCUT2D eigenvalue weighted by atomic mass is 15.0. The smallest absolute Gasteiger partial charge is 0.0607 e. The summed E-state index contributed by atoms with van der Waals surface area (Å²) in [6.45, 7) is 6.52. The molecule has 0 aliphatic rings. The van der Waals surface area contributed by atoms with E-state index in [2.05, 4.69) is 188 Å². The summed E-state index contributed by atoms with van der Waals surface area (Å²) in [5, 5.41) is 3.82. The molecule has 1 heterocycles. The van der Waals surface area contributed by atoms with E-state index in [1.54, 1.807) is 0 Å². The fourth-order valence-electron chi connectivity index (χ4n) is 6.20. The van der Waals surface area contributed by atoms with Crippen molar-refractivity contribution >= 4 is 27.8 Å².